The van der Waals surface area contributed by atoms with Gasteiger partial charge in [-0.05, 0) is 86.6 Å². The first-order chi connectivity index (χ1) is 30.7. The molecule has 16 heteroatoms. The molecule has 0 radical (unpaired) electrons. The van der Waals surface area contributed by atoms with Crippen molar-refractivity contribution in [3.63, 3.8) is 0 Å². The lowest BCUT2D eigenvalue weighted by Crippen LogP contribution is -2.54. The molecule has 0 saturated heterocycles. The summed E-state index contributed by atoms with van der Waals surface area (Å²) in [6.07, 6.45) is -8.30. The Labute approximate surface area is 370 Å². The Morgan fingerprint density at radius 3 is 0.891 bits per heavy atom. The second-order valence-corrected chi connectivity index (χ2v) is 17.4. The highest BCUT2D eigenvalue weighted by Crippen LogP contribution is 2.27. The molecule has 6 aromatic carbocycles. The Morgan fingerprint density at radius 1 is 0.375 bits per heavy atom. The molecule has 0 aromatic heterocycles. The van der Waals surface area contributed by atoms with Crippen molar-refractivity contribution in [3.8, 4) is 0 Å². The third kappa shape index (κ3) is 12.6. The van der Waals surface area contributed by atoms with E-state index in [9.17, 15) is 36.0 Å². The molecule has 0 heterocycles. The van der Waals surface area contributed by atoms with E-state index in [1.54, 1.807) is 38.1 Å². The number of benzene rings is 6. The van der Waals surface area contributed by atoms with Crippen LogP contribution < -0.4 is 0 Å². The third-order valence-corrected chi connectivity index (χ3v) is 12.1. The molecule has 0 bridgehead atoms. The number of carbonyl (C=O) groups excluding carboxylic acids is 4. The number of rotatable bonds is 19. The van der Waals surface area contributed by atoms with Crippen molar-refractivity contribution in [1.29, 1.82) is 0 Å². The van der Waals surface area contributed by atoms with Crippen LogP contribution in [0.15, 0.2) is 180 Å². The first-order valence-corrected chi connectivity index (χ1v) is 22.5. The summed E-state index contributed by atoms with van der Waals surface area (Å²) in [5.41, 5.74) is 1.31. The average Bonchev–Trinajstić information content (AvgIpc) is 3.31. The fourth-order valence-electron chi connectivity index (χ4n) is 6.05. The van der Waals surface area contributed by atoms with Crippen LogP contribution in [0.5, 0.6) is 0 Å². The van der Waals surface area contributed by atoms with Crippen LogP contribution >= 0.6 is 0 Å². The maximum absolute atomic E-state index is 14.1. The van der Waals surface area contributed by atoms with Crippen molar-refractivity contribution in [2.24, 2.45) is 0 Å². The fraction of sp³-hybridized carbons (Fsp3) is 0.167. The van der Waals surface area contributed by atoms with Crippen LogP contribution in [0.4, 0.5) is 0 Å². The fourth-order valence-corrected chi connectivity index (χ4v) is 7.89. The van der Waals surface area contributed by atoms with Crippen molar-refractivity contribution in [1.82, 2.24) is 0 Å². The summed E-state index contributed by atoms with van der Waals surface area (Å²) in [5.74, 6) is -4.33. The Bertz CT molecular complexity index is 2540. The van der Waals surface area contributed by atoms with Gasteiger partial charge in [0.1, 0.15) is 13.2 Å². The van der Waals surface area contributed by atoms with Crippen molar-refractivity contribution < 1.29 is 63.3 Å². The molecule has 14 nitrogen and oxygen atoms in total. The molecule has 6 aromatic rings. The highest BCUT2D eigenvalue weighted by Gasteiger charge is 2.46. The summed E-state index contributed by atoms with van der Waals surface area (Å²) in [6.45, 7) is 1.33. The lowest BCUT2D eigenvalue weighted by atomic mass is 10.0. The predicted molar refractivity (Wildman–Crippen MR) is 231 cm³/mol. The van der Waals surface area contributed by atoms with Crippen molar-refractivity contribution in [2.45, 2.75) is 48.1 Å². The minimum Gasteiger partial charge on any atom is -0.452 e. The lowest BCUT2D eigenvalue weighted by molar-refractivity contribution is -0.133. The SMILES string of the molecule is Cc1ccc(S(=O)(=O)OC[C@@H](OC(=O)c2ccccc2)[C@@H](OC(=O)c2ccccc2)[C@H](OC(=O)c2ccccc2)[C@@H](COS(=O)(=O)c2ccc(C)cc2)OC(=O)c2ccccc2)cc1. The van der Waals surface area contributed by atoms with Gasteiger partial charge in [-0.3, -0.25) is 8.37 Å². The summed E-state index contributed by atoms with van der Waals surface area (Å²) < 4.78 is 89.7. The molecule has 0 amide bonds. The second kappa shape index (κ2) is 21.4. The zero-order valence-electron chi connectivity index (χ0n) is 34.4. The zero-order valence-corrected chi connectivity index (χ0v) is 36.1. The number of ether oxygens (including phenoxy) is 4. The van der Waals surface area contributed by atoms with E-state index in [0.717, 1.165) is 11.1 Å². The Hall–Kier alpha value is -6.98. The van der Waals surface area contributed by atoms with Crippen LogP contribution in [-0.4, -0.2) is 78.3 Å². The molecular weight excluding hydrogens is 865 g/mol. The van der Waals surface area contributed by atoms with E-state index in [0.29, 0.717) is 0 Å². The van der Waals surface area contributed by atoms with Gasteiger partial charge >= 0.3 is 23.9 Å². The molecule has 0 fully saturated rings. The molecule has 0 aliphatic heterocycles. The molecule has 64 heavy (non-hydrogen) atoms. The number of aryl methyl sites for hydroxylation is 2. The van der Waals surface area contributed by atoms with Gasteiger partial charge in [-0.25, -0.2) is 19.2 Å². The molecule has 330 valence electrons. The maximum Gasteiger partial charge on any atom is 0.338 e. The number of hydrogen-bond donors (Lipinski definition) is 0. The van der Waals surface area contributed by atoms with Gasteiger partial charge in [0.25, 0.3) is 20.2 Å². The van der Waals surface area contributed by atoms with Gasteiger partial charge in [-0.1, -0.05) is 108 Å². The first kappa shape index (κ1) is 46.5. The zero-order chi connectivity index (χ0) is 45.7. The second-order valence-electron chi connectivity index (χ2n) is 14.2. The number of hydrogen-bond acceptors (Lipinski definition) is 14. The normalized spacial score (nSPS) is 13.3. The molecule has 0 aliphatic rings. The Balaban J connectivity index is 1.52. The Morgan fingerprint density at radius 2 is 0.625 bits per heavy atom. The van der Waals surface area contributed by atoms with Crippen molar-refractivity contribution >= 4 is 44.1 Å². The number of carbonyl (C=O) groups is 4. The van der Waals surface area contributed by atoms with Crippen LogP contribution in [0, 0.1) is 13.8 Å². The van der Waals surface area contributed by atoms with Gasteiger partial charge in [0.05, 0.1) is 32.0 Å². The molecule has 0 unspecified atom stereocenters. The van der Waals surface area contributed by atoms with E-state index in [-0.39, 0.29) is 32.0 Å². The van der Waals surface area contributed by atoms with Gasteiger partial charge in [0.2, 0.25) is 0 Å². The van der Waals surface area contributed by atoms with E-state index >= 15 is 0 Å². The first-order valence-electron chi connectivity index (χ1n) is 19.7. The smallest absolute Gasteiger partial charge is 0.338 e. The van der Waals surface area contributed by atoms with E-state index in [4.69, 9.17) is 27.3 Å². The van der Waals surface area contributed by atoms with Gasteiger partial charge in [0.15, 0.2) is 24.4 Å². The largest absolute Gasteiger partial charge is 0.452 e. The summed E-state index contributed by atoms with van der Waals surface area (Å²) in [6, 6.07) is 41.2. The topological polar surface area (TPSA) is 192 Å². The minimum absolute atomic E-state index is 0.0283. The van der Waals surface area contributed by atoms with Gasteiger partial charge in [-0.15, -0.1) is 0 Å². The van der Waals surface area contributed by atoms with Crippen LogP contribution in [0.1, 0.15) is 52.6 Å². The van der Waals surface area contributed by atoms with E-state index in [1.807, 2.05) is 0 Å². The van der Waals surface area contributed by atoms with Gasteiger partial charge < -0.3 is 18.9 Å². The standard InChI is InChI=1S/C48H42O14S2/c1-33-23-27-39(28-24-33)63(53,54)57-31-41(59-45(49)35-15-7-3-8-16-35)43(61-47(51)37-19-11-5-12-20-37)44(62-48(52)38-21-13-6-14-22-38)42(60-46(50)36-17-9-4-10-18-36)32-58-64(55,56)40-29-25-34(2)26-30-40/h3-30,41-44H,31-32H2,1-2H3/t41-,42-,43-,44-/m1/s1. The molecule has 6 rings (SSSR count). The van der Waals surface area contributed by atoms with Gasteiger partial charge in [-0.2, -0.15) is 16.8 Å². The van der Waals surface area contributed by atoms with Gasteiger partial charge in [0, 0.05) is 0 Å². The molecule has 4 atom stereocenters. The van der Waals surface area contributed by atoms with Crippen LogP contribution in [-0.2, 0) is 47.5 Å². The predicted octanol–water partition coefficient (Wildman–Crippen LogP) is 7.32. The quantitative estimate of drug-likeness (QED) is 0.0446. The monoisotopic (exact) mass is 906 g/mol. The molecule has 0 spiro atoms. The maximum atomic E-state index is 14.1. The summed E-state index contributed by atoms with van der Waals surface area (Å²) >= 11 is 0. The van der Waals surface area contributed by atoms with Crippen LogP contribution in [0.3, 0.4) is 0 Å². The lowest BCUT2D eigenvalue weighted by Gasteiger charge is -2.36. The van der Waals surface area contributed by atoms with E-state index in [2.05, 4.69) is 0 Å². The summed E-state index contributed by atoms with van der Waals surface area (Å²) in [5, 5.41) is 0. The molecule has 0 aliphatic carbocycles. The number of esters is 4. The van der Waals surface area contributed by atoms with Crippen LogP contribution in [0.2, 0.25) is 0 Å². The molecular formula is C48H42O14S2. The van der Waals surface area contributed by atoms with E-state index in [1.165, 1.54) is 146 Å². The van der Waals surface area contributed by atoms with Crippen molar-refractivity contribution in [2.75, 3.05) is 13.2 Å². The highest BCUT2D eigenvalue weighted by molar-refractivity contribution is 7.87. The molecule has 0 N–H and O–H groups in total. The summed E-state index contributed by atoms with van der Waals surface area (Å²) in [7, 11) is -9.29. The Kier molecular flexibility index (Phi) is 15.6. The minimum atomic E-state index is -4.65. The van der Waals surface area contributed by atoms with E-state index < -0.39 is 81.7 Å². The highest BCUT2D eigenvalue weighted by atomic mass is 32.2. The third-order valence-electron chi connectivity index (χ3n) is 9.49. The van der Waals surface area contributed by atoms with Crippen LogP contribution in [0.25, 0.3) is 0 Å². The van der Waals surface area contributed by atoms with Crippen molar-refractivity contribution in [3.05, 3.63) is 203 Å². The average molecular weight is 907 g/mol. The summed E-state index contributed by atoms with van der Waals surface area (Å²) in [4.78, 5) is 55.5. The molecule has 0 saturated carbocycles.